The van der Waals surface area contributed by atoms with Gasteiger partial charge in [0.15, 0.2) is 5.78 Å². The Morgan fingerprint density at radius 3 is 2.69 bits per heavy atom. The van der Waals surface area contributed by atoms with Crippen molar-refractivity contribution in [1.82, 2.24) is 9.88 Å². The fraction of sp³-hybridized carbons (Fsp3) is 0.0800. The number of hydrogen-bond acceptors (Lipinski definition) is 5. The van der Waals surface area contributed by atoms with Gasteiger partial charge in [-0.15, -0.1) is 11.3 Å². The molecule has 1 aliphatic rings. The highest BCUT2D eigenvalue weighted by Gasteiger charge is 2.38. The Morgan fingerprint density at radius 2 is 1.91 bits per heavy atom. The highest BCUT2D eigenvalue weighted by atomic mass is 35.5. The third-order valence-electron chi connectivity index (χ3n) is 5.36. The molecule has 2 aromatic carbocycles. The van der Waals surface area contributed by atoms with Crippen LogP contribution < -0.4 is 5.32 Å². The third kappa shape index (κ3) is 3.79. The maximum absolute atomic E-state index is 13.2. The second-order valence-corrected chi connectivity index (χ2v) is 8.85. The van der Waals surface area contributed by atoms with Crippen LogP contribution in [0.4, 0.5) is 5.69 Å². The van der Waals surface area contributed by atoms with Gasteiger partial charge >= 0.3 is 0 Å². The predicted molar refractivity (Wildman–Crippen MR) is 126 cm³/mol. The van der Waals surface area contributed by atoms with E-state index in [9.17, 15) is 9.59 Å². The van der Waals surface area contributed by atoms with Gasteiger partial charge in [-0.3, -0.25) is 14.6 Å². The molecule has 2 aromatic heterocycles. The van der Waals surface area contributed by atoms with Crippen molar-refractivity contribution >= 4 is 40.3 Å². The van der Waals surface area contributed by atoms with Gasteiger partial charge in [0.05, 0.1) is 17.8 Å². The zero-order valence-corrected chi connectivity index (χ0v) is 18.4. The van der Waals surface area contributed by atoms with Crippen molar-refractivity contribution in [3.63, 3.8) is 0 Å². The Morgan fingerprint density at radius 1 is 1.06 bits per heavy atom. The number of nitrogens with zero attached hydrogens (tertiary/aromatic N) is 2. The number of halogens is 1. The van der Waals surface area contributed by atoms with Crippen LogP contribution in [0.15, 0.2) is 84.4 Å². The van der Waals surface area contributed by atoms with Gasteiger partial charge in [-0.1, -0.05) is 48.0 Å². The van der Waals surface area contributed by atoms with Crippen LogP contribution in [0.5, 0.6) is 0 Å². The number of rotatable bonds is 6. The minimum atomic E-state index is -0.510. The zero-order valence-electron chi connectivity index (χ0n) is 16.9. The molecular formula is C25H18ClN3O2S. The lowest BCUT2D eigenvalue weighted by molar-refractivity contribution is 0.0729. The van der Waals surface area contributed by atoms with E-state index >= 15 is 0 Å². The highest BCUT2D eigenvalue weighted by molar-refractivity contribution is 7.09. The molecule has 7 heteroatoms. The molecule has 0 radical (unpaired) electrons. The van der Waals surface area contributed by atoms with Gasteiger partial charge in [-0.05, 0) is 41.8 Å². The maximum atomic E-state index is 13.2. The zero-order chi connectivity index (χ0) is 22.1. The molecule has 4 aromatic rings. The summed E-state index contributed by atoms with van der Waals surface area (Å²) >= 11 is 7.83. The molecule has 0 bridgehead atoms. The van der Waals surface area contributed by atoms with Crippen LogP contribution in [0.3, 0.4) is 0 Å². The van der Waals surface area contributed by atoms with E-state index in [-0.39, 0.29) is 11.7 Å². The van der Waals surface area contributed by atoms with Crippen molar-refractivity contribution in [2.75, 3.05) is 5.32 Å². The molecule has 0 saturated carbocycles. The van der Waals surface area contributed by atoms with Crippen molar-refractivity contribution in [2.24, 2.45) is 0 Å². The van der Waals surface area contributed by atoms with Crippen LogP contribution in [0.25, 0.3) is 0 Å². The average molecular weight is 460 g/mol. The molecule has 1 unspecified atom stereocenters. The van der Waals surface area contributed by atoms with Gasteiger partial charge in [-0.25, -0.2) is 0 Å². The van der Waals surface area contributed by atoms with Crippen LogP contribution in [-0.4, -0.2) is 21.6 Å². The summed E-state index contributed by atoms with van der Waals surface area (Å²) in [6.45, 7) is 0.445. The number of pyridine rings is 1. The van der Waals surface area contributed by atoms with Crippen LogP contribution >= 0.6 is 22.9 Å². The van der Waals surface area contributed by atoms with E-state index in [1.165, 1.54) is 0 Å². The quantitative estimate of drug-likeness (QED) is 0.370. The molecule has 32 heavy (non-hydrogen) atoms. The molecule has 0 spiro atoms. The van der Waals surface area contributed by atoms with Crippen LogP contribution in [0.1, 0.15) is 43.0 Å². The summed E-state index contributed by atoms with van der Waals surface area (Å²) < 4.78 is 0. The highest BCUT2D eigenvalue weighted by Crippen LogP contribution is 2.36. The van der Waals surface area contributed by atoms with Crippen molar-refractivity contribution in [1.29, 1.82) is 0 Å². The molecule has 0 fully saturated rings. The number of thiophene rings is 1. The van der Waals surface area contributed by atoms with Crippen LogP contribution in [0.2, 0.25) is 5.02 Å². The monoisotopic (exact) mass is 459 g/mol. The molecule has 5 rings (SSSR count). The summed E-state index contributed by atoms with van der Waals surface area (Å²) in [5.74, 6) is -0.241. The number of benzene rings is 2. The topological polar surface area (TPSA) is 62.3 Å². The van der Waals surface area contributed by atoms with Crippen molar-refractivity contribution in [2.45, 2.75) is 12.7 Å². The SMILES string of the molecule is O=C(c1ccccc1)c1cc(Cl)ccc1NC1c2ncccc2C(=O)N1Cc1cccs1. The number of amides is 1. The third-order valence-corrected chi connectivity index (χ3v) is 6.46. The molecule has 5 nitrogen and oxygen atoms in total. The molecule has 158 valence electrons. The standard InChI is InChI=1S/C25H18ClN3O2S/c26-17-10-11-21(20(14-17)23(30)16-6-2-1-3-7-16)28-24-22-19(9-4-12-27-22)25(31)29(24)15-18-8-5-13-32-18/h1-14,24,28H,15H2. The van der Waals surface area contributed by atoms with Gasteiger partial charge in [-0.2, -0.15) is 0 Å². The number of carbonyl (C=O) groups excluding carboxylic acids is 2. The predicted octanol–water partition coefficient (Wildman–Crippen LogP) is 5.79. The van der Waals surface area contributed by atoms with Gasteiger partial charge in [0.2, 0.25) is 0 Å². The van der Waals surface area contributed by atoms with E-state index in [0.29, 0.717) is 39.6 Å². The summed E-state index contributed by atoms with van der Waals surface area (Å²) in [5, 5.41) is 5.85. The normalized spacial score (nSPS) is 15.0. The molecular weight excluding hydrogens is 442 g/mol. The van der Waals surface area contributed by atoms with Gasteiger partial charge in [0.25, 0.3) is 5.91 Å². The van der Waals surface area contributed by atoms with E-state index in [0.717, 1.165) is 4.88 Å². The number of carbonyl (C=O) groups is 2. The Hall–Kier alpha value is -3.48. The second kappa shape index (κ2) is 8.57. The van der Waals surface area contributed by atoms with Gasteiger partial charge in [0, 0.05) is 32.9 Å². The first-order valence-electron chi connectivity index (χ1n) is 10.1. The fourth-order valence-electron chi connectivity index (χ4n) is 3.84. The molecule has 1 atom stereocenters. The minimum absolute atomic E-state index is 0.0936. The Bertz CT molecular complexity index is 1290. The molecule has 1 aliphatic heterocycles. The maximum Gasteiger partial charge on any atom is 0.258 e. The van der Waals surface area contributed by atoms with Crippen LogP contribution in [-0.2, 0) is 6.54 Å². The van der Waals surface area contributed by atoms with Gasteiger partial charge in [0.1, 0.15) is 6.17 Å². The van der Waals surface area contributed by atoms with E-state index in [2.05, 4.69) is 10.3 Å². The molecule has 0 saturated heterocycles. The molecule has 0 aliphatic carbocycles. The lowest BCUT2D eigenvalue weighted by Crippen LogP contribution is -2.32. The lowest BCUT2D eigenvalue weighted by atomic mass is 10.0. The number of hydrogen-bond donors (Lipinski definition) is 1. The number of nitrogens with one attached hydrogen (secondary N) is 1. The minimum Gasteiger partial charge on any atom is -0.359 e. The Labute approximate surface area is 194 Å². The van der Waals surface area contributed by atoms with Crippen molar-refractivity contribution < 1.29 is 9.59 Å². The van der Waals surface area contributed by atoms with Crippen molar-refractivity contribution in [3.05, 3.63) is 117 Å². The number of fused-ring (bicyclic) bond motifs is 1. The average Bonchev–Trinajstić information content (AvgIpc) is 3.43. The Kier molecular flexibility index (Phi) is 5.47. The first-order chi connectivity index (χ1) is 15.6. The van der Waals surface area contributed by atoms with E-state index < -0.39 is 6.17 Å². The Balaban J connectivity index is 1.54. The summed E-state index contributed by atoms with van der Waals surface area (Å²) in [7, 11) is 0. The fourth-order valence-corrected chi connectivity index (χ4v) is 4.71. The molecule has 1 amide bonds. The van der Waals surface area contributed by atoms with Gasteiger partial charge < -0.3 is 10.2 Å². The van der Waals surface area contributed by atoms with E-state index in [4.69, 9.17) is 11.6 Å². The molecule has 3 heterocycles. The number of anilines is 1. The summed E-state index contributed by atoms with van der Waals surface area (Å²) in [6.07, 6.45) is 1.16. The van der Waals surface area contributed by atoms with Crippen LogP contribution in [0, 0.1) is 0 Å². The largest absolute Gasteiger partial charge is 0.359 e. The second-order valence-electron chi connectivity index (χ2n) is 7.38. The summed E-state index contributed by atoms with van der Waals surface area (Å²) in [6, 6.07) is 21.7. The molecule has 1 N–H and O–H groups in total. The lowest BCUT2D eigenvalue weighted by Gasteiger charge is -2.27. The summed E-state index contributed by atoms with van der Waals surface area (Å²) in [4.78, 5) is 33.7. The number of aromatic nitrogens is 1. The van der Waals surface area contributed by atoms with E-state index in [1.54, 1.807) is 64.9 Å². The first-order valence-corrected chi connectivity index (χ1v) is 11.3. The smallest absolute Gasteiger partial charge is 0.258 e. The number of ketones is 1. The summed E-state index contributed by atoms with van der Waals surface area (Å²) in [5.41, 5.74) is 2.80. The first kappa shape index (κ1) is 20.4. The van der Waals surface area contributed by atoms with E-state index in [1.807, 2.05) is 35.7 Å². The van der Waals surface area contributed by atoms with Crippen molar-refractivity contribution in [3.8, 4) is 0 Å².